The molecule has 3 fully saturated rings. The van der Waals surface area contributed by atoms with Gasteiger partial charge in [0, 0.05) is 12.2 Å². The van der Waals surface area contributed by atoms with Crippen LogP contribution in [0.1, 0.15) is 72.6 Å². The van der Waals surface area contributed by atoms with Gasteiger partial charge in [-0.15, -0.1) is 0 Å². The topological polar surface area (TPSA) is 60.7 Å². The van der Waals surface area contributed by atoms with E-state index in [1.54, 1.807) is 5.57 Å². The number of thioether (sulfide) groups is 1. The van der Waals surface area contributed by atoms with Crippen molar-refractivity contribution < 1.29 is 15.3 Å². The highest BCUT2D eigenvalue weighted by molar-refractivity contribution is 7.99. The van der Waals surface area contributed by atoms with Crippen molar-refractivity contribution in [3.8, 4) is 0 Å². The van der Waals surface area contributed by atoms with Crippen molar-refractivity contribution in [3.63, 3.8) is 0 Å². The number of hydrogen-bond acceptors (Lipinski definition) is 4. The lowest BCUT2D eigenvalue weighted by atomic mass is 9.61. The molecule has 0 bridgehead atoms. The van der Waals surface area contributed by atoms with E-state index in [0.29, 0.717) is 30.1 Å². The van der Waals surface area contributed by atoms with E-state index in [1.807, 2.05) is 25.6 Å². The molecule has 3 saturated carbocycles. The molecule has 4 heteroatoms. The number of aliphatic hydroxyl groups excluding tert-OH is 2. The number of allylic oxidation sites excluding steroid dienone is 3. The summed E-state index contributed by atoms with van der Waals surface area (Å²) in [5, 5.41) is 30.2. The van der Waals surface area contributed by atoms with Gasteiger partial charge in [-0.1, -0.05) is 38.2 Å². The van der Waals surface area contributed by atoms with Crippen molar-refractivity contribution in [1.82, 2.24) is 0 Å². The van der Waals surface area contributed by atoms with Crippen LogP contribution in [0.4, 0.5) is 0 Å². The molecule has 0 aromatic heterocycles. The summed E-state index contributed by atoms with van der Waals surface area (Å²) in [5.41, 5.74) is 3.10. The minimum atomic E-state index is -0.617. The van der Waals surface area contributed by atoms with E-state index in [1.165, 1.54) is 25.7 Å². The maximum absolute atomic E-state index is 10.1. The van der Waals surface area contributed by atoms with Crippen LogP contribution in [0, 0.1) is 23.2 Å². The average molecular weight is 435 g/mol. The van der Waals surface area contributed by atoms with Crippen LogP contribution in [0.5, 0.6) is 0 Å². The second-order valence-corrected chi connectivity index (χ2v) is 12.0. The monoisotopic (exact) mass is 434 g/mol. The fourth-order valence-electron chi connectivity index (χ4n) is 6.29. The maximum atomic E-state index is 10.1. The quantitative estimate of drug-likeness (QED) is 0.533. The van der Waals surface area contributed by atoms with Crippen molar-refractivity contribution in [2.75, 3.05) is 11.5 Å². The molecule has 0 spiro atoms. The van der Waals surface area contributed by atoms with Gasteiger partial charge < -0.3 is 15.3 Å². The van der Waals surface area contributed by atoms with Gasteiger partial charge in [0.2, 0.25) is 0 Å². The number of fused-ring (bicyclic) bond motifs is 1. The van der Waals surface area contributed by atoms with Crippen LogP contribution in [0.2, 0.25) is 0 Å². The predicted molar refractivity (Wildman–Crippen MR) is 128 cm³/mol. The Hall–Kier alpha value is -0.550. The van der Waals surface area contributed by atoms with Crippen LogP contribution in [0.25, 0.3) is 0 Å². The Morgan fingerprint density at radius 3 is 2.70 bits per heavy atom. The van der Waals surface area contributed by atoms with Gasteiger partial charge in [-0.3, -0.25) is 0 Å². The molecule has 3 N–H and O–H groups in total. The first-order chi connectivity index (χ1) is 14.0. The predicted octanol–water partition coefficient (Wildman–Crippen LogP) is 5.27. The standard InChI is InChI=1S/C26H42O3S/c1-17(15-30-16-25(3,4)29)22-10-11-23-19(7-6-12-26(22,23)5)8-9-20-13-21(27)14-24(28)18(20)2/h8-9,17,21-24,27-29H,2,6-7,10-16H2,1,3-5H3/b19-8+,20-9+/t17?,21-,22?,23+,24+,26-/m1/s1. The summed E-state index contributed by atoms with van der Waals surface area (Å²) in [7, 11) is 0. The van der Waals surface area contributed by atoms with Crippen LogP contribution >= 0.6 is 11.8 Å². The molecule has 0 aromatic carbocycles. The molecule has 3 rings (SSSR count). The lowest BCUT2D eigenvalue weighted by Gasteiger charge is -2.44. The molecular weight excluding hydrogens is 392 g/mol. The normalized spacial score (nSPS) is 38.8. The van der Waals surface area contributed by atoms with Gasteiger partial charge in [0.25, 0.3) is 0 Å². The van der Waals surface area contributed by atoms with Crippen molar-refractivity contribution in [3.05, 3.63) is 35.5 Å². The van der Waals surface area contributed by atoms with Gasteiger partial charge in [-0.25, -0.2) is 0 Å². The molecule has 3 nitrogen and oxygen atoms in total. The Kier molecular flexibility index (Phi) is 7.65. The molecule has 0 aliphatic heterocycles. The van der Waals surface area contributed by atoms with E-state index >= 15 is 0 Å². The minimum Gasteiger partial charge on any atom is -0.393 e. The lowest BCUT2D eigenvalue weighted by Crippen LogP contribution is -2.36. The van der Waals surface area contributed by atoms with Crippen molar-refractivity contribution in [1.29, 1.82) is 0 Å². The van der Waals surface area contributed by atoms with Crippen LogP contribution in [0.3, 0.4) is 0 Å². The Labute approximate surface area is 187 Å². The van der Waals surface area contributed by atoms with E-state index in [4.69, 9.17) is 0 Å². The largest absolute Gasteiger partial charge is 0.393 e. The third-order valence-electron chi connectivity index (χ3n) is 7.83. The van der Waals surface area contributed by atoms with E-state index < -0.39 is 17.8 Å². The molecule has 0 amide bonds. The van der Waals surface area contributed by atoms with Gasteiger partial charge in [0.1, 0.15) is 0 Å². The molecule has 6 atom stereocenters. The SMILES string of the molecule is C=C1/C(=C/C=C2\CCC[C@]3(C)C(C(C)CSCC(C)(C)O)CC[C@@H]23)C[C@@H](O)C[C@@H]1O. The van der Waals surface area contributed by atoms with Gasteiger partial charge in [-0.05, 0) is 92.4 Å². The van der Waals surface area contributed by atoms with Crippen molar-refractivity contribution in [2.45, 2.75) is 90.4 Å². The molecule has 0 heterocycles. The third-order valence-corrected chi connectivity index (χ3v) is 9.50. The Balaban J connectivity index is 1.70. The van der Waals surface area contributed by atoms with E-state index in [0.717, 1.165) is 35.0 Å². The second-order valence-electron chi connectivity index (χ2n) is 11.0. The third kappa shape index (κ3) is 5.43. The molecule has 0 radical (unpaired) electrons. The molecular formula is C26H42O3S. The highest BCUT2D eigenvalue weighted by Gasteiger charge is 2.50. The first-order valence-corrected chi connectivity index (χ1v) is 12.9. The number of hydrogen-bond donors (Lipinski definition) is 3. The molecule has 0 saturated heterocycles. The van der Waals surface area contributed by atoms with Gasteiger partial charge >= 0.3 is 0 Å². The molecule has 3 aliphatic carbocycles. The Bertz CT molecular complexity index is 689. The highest BCUT2D eigenvalue weighted by Crippen LogP contribution is 2.59. The summed E-state index contributed by atoms with van der Waals surface area (Å²) < 4.78 is 0. The van der Waals surface area contributed by atoms with Crippen LogP contribution in [-0.4, -0.2) is 44.6 Å². The Morgan fingerprint density at radius 1 is 1.27 bits per heavy atom. The summed E-state index contributed by atoms with van der Waals surface area (Å²) in [5.74, 6) is 3.96. The van der Waals surface area contributed by atoms with Crippen molar-refractivity contribution >= 4 is 11.8 Å². The summed E-state index contributed by atoms with van der Waals surface area (Å²) in [6.07, 6.45) is 10.6. The summed E-state index contributed by atoms with van der Waals surface area (Å²) in [6, 6.07) is 0. The van der Waals surface area contributed by atoms with E-state index in [9.17, 15) is 15.3 Å². The maximum Gasteiger partial charge on any atom is 0.0811 e. The zero-order valence-corrected chi connectivity index (χ0v) is 20.2. The molecule has 30 heavy (non-hydrogen) atoms. The van der Waals surface area contributed by atoms with Gasteiger partial charge in [0.05, 0.1) is 17.8 Å². The van der Waals surface area contributed by atoms with E-state index in [-0.39, 0.29) is 0 Å². The summed E-state index contributed by atoms with van der Waals surface area (Å²) in [4.78, 5) is 0. The lowest BCUT2D eigenvalue weighted by molar-refractivity contribution is 0.0861. The second kappa shape index (κ2) is 9.52. The molecule has 2 unspecified atom stereocenters. The fraction of sp³-hybridized carbons (Fsp3) is 0.769. The van der Waals surface area contributed by atoms with Crippen LogP contribution in [-0.2, 0) is 0 Å². The summed E-state index contributed by atoms with van der Waals surface area (Å²) >= 11 is 1.89. The summed E-state index contributed by atoms with van der Waals surface area (Å²) in [6.45, 7) is 12.8. The number of rotatable bonds is 6. The molecule has 3 aliphatic rings. The first kappa shape index (κ1) is 24.1. The fourth-order valence-corrected chi connectivity index (χ4v) is 7.51. The Morgan fingerprint density at radius 2 is 2.00 bits per heavy atom. The van der Waals surface area contributed by atoms with Gasteiger partial charge in [-0.2, -0.15) is 11.8 Å². The highest BCUT2D eigenvalue weighted by atomic mass is 32.2. The van der Waals surface area contributed by atoms with Crippen molar-refractivity contribution in [2.24, 2.45) is 23.2 Å². The zero-order chi connectivity index (χ0) is 22.1. The minimum absolute atomic E-state index is 0.361. The smallest absolute Gasteiger partial charge is 0.0811 e. The number of aliphatic hydroxyl groups is 3. The van der Waals surface area contributed by atoms with Crippen LogP contribution in [0.15, 0.2) is 35.5 Å². The van der Waals surface area contributed by atoms with Crippen LogP contribution < -0.4 is 0 Å². The molecule has 0 aromatic rings. The van der Waals surface area contributed by atoms with E-state index in [2.05, 4.69) is 32.6 Å². The van der Waals surface area contributed by atoms with Gasteiger partial charge in [0.15, 0.2) is 0 Å². The zero-order valence-electron chi connectivity index (χ0n) is 19.4. The first-order valence-electron chi connectivity index (χ1n) is 11.8. The average Bonchev–Trinajstić information content (AvgIpc) is 3.00. The molecule has 170 valence electrons.